The minimum Gasteiger partial charge on any atom is -0.391 e. The lowest BCUT2D eigenvalue weighted by atomic mass is 10.0. The van der Waals surface area contributed by atoms with E-state index in [4.69, 9.17) is 27.9 Å². The average Bonchev–Trinajstić information content (AvgIpc) is 3.24. The van der Waals surface area contributed by atoms with Gasteiger partial charge in [0, 0.05) is 41.6 Å². The Kier molecular flexibility index (Phi) is 4.87. The van der Waals surface area contributed by atoms with Gasteiger partial charge in [0.1, 0.15) is 6.23 Å². The summed E-state index contributed by atoms with van der Waals surface area (Å²) >= 11 is 12.9. The van der Waals surface area contributed by atoms with E-state index in [1.165, 1.54) is 5.69 Å². The quantitative estimate of drug-likeness (QED) is 0.620. The fraction of sp³-hybridized carbons (Fsp3) is 0.476. The maximum atomic E-state index is 10.4. The number of benzene rings is 1. The predicted molar refractivity (Wildman–Crippen MR) is 111 cm³/mol. The molecular weight excluding hydrogens is 397 g/mol. The molecule has 1 fully saturated rings. The molecule has 2 unspecified atom stereocenters. The van der Waals surface area contributed by atoms with Gasteiger partial charge in [-0.2, -0.15) is 5.10 Å². The highest BCUT2D eigenvalue weighted by atomic mass is 35.5. The summed E-state index contributed by atoms with van der Waals surface area (Å²) in [6.45, 7) is 1.32. The lowest BCUT2D eigenvalue weighted by Gasteiger charge is -2.22. The molecule has 2 aromatic heterocycles. The zero-order valence-electron chi connectivity index (χ0n) is 15.6. The first-order chi connectivity index (χ1) is 13.6. The average molecular weight is 420 g/mol. The molecular formula is C21H23Cl2N3O2. The molecule has 28 heavy (non-hydrogen) atoms. The van der Waals surface area contributed by atoms with Crippen LogP contribution in [0.1, 0.15) is 44.0 Å². The second kappa shape index (κ2) is 7.38. The Labute approximate surface area is 173 Å². The first-order valence-corrected chi connectivity index (χ1v) is 10.7. The number of ether oxygens (including phenoxy) is 1. The zero-order valence-corrected chi connectivity index (χ0v) is 17.1. The van der Waals surface area contributed by atoms with Gasteiger partial charge in [-0.3, -0.25) is 0 Å². The van der Waals surface area contributed by atoms with Gasteiger partial charge in [0.15, 0.2) is 0 Å². The van der Waals surface area contributed by atoms with E-state index in [2.05, 4.69) is 15.9 Å². The van der Waals surface area contributed by atoms with Crippen LogP contribution in [0.4, 0.5) is 0 Å². The van der Waals surface area contributed by atoms with Crippen LogP contribution in [0.25, 0.3) is 22.0 Å². The summed E-state index contributed by atoms with van der Waals surface area (Å²) in [5, 5.41) is 17.1. The van der Waals surface area contributed by atoms with Crippen molar-refractivity contribution in [3.8, 4) is 11.1 Å². The Balaban J connectivity index is 1.68. The summed E-state index contributed by atoms with van der Waals surface area (Å²) in [5.74, 6) is 0. The Morgan fingerprint density at radius 3 is 2.86 bits per heavy atom. The highest BCUT2D eigenvalue weighted by molar-refractivity contribution is 6.45. The first kappa shape index (κ1) is 18.5. The van der Waals surface area contributed by atoms with Crippen LogP contribution in [-0.2, 0) is 17.7 Å². The monoisotopic (exact) mass is 419 g/mol. The van der Waals surface area contributed by atoms with Gasteiger partial charge < -0.3 is 14.4 Å². The van der Waals surface area contributed by atoms with Gasteiger partial charge in [0.2, 0.25) is 0 Å². The van der Waals surface area contributed by atoms with Gasteiger partial charge in [-0.25, -0.2) is 4.68 Å². The molecule has 5 nitrogen and oxygen atoms in total. The molecule has 1 aromatic carbocycles. The topological polar surface area (TPSA) is 52.2 Å². The Hall–Kier alpha value is -1.53. The van der Waals surface area contributed by atoms with Crippen LogP contribution in [0.2, 0.25) is 10.0 Å². The van der Waals surface area contributed by atoms with Gasteiger partial charge in [0.25, 0.3) is 0 Å². The van der Waals surface area contributed by atoms with E-state index in [-0.39, 0.29) is 12.3 Å². The number of fused-ring (bicyclic) bond motifs is 3. The number of nitrogens with zero attached hydrogens (tertiary/aromatic N) is 3. The number of aliphatic hydroxyl groups excluding tert-OH is 1. The van der Waals surface area contributed by atoms with Crippen molar-refractivity contribution in [3.63, 3.8) is 0 Å². The molecule has 148 valence electrons. The van der Waals surface area contributed by atoms with Crippen molar-refractivity contribution in [1.82, 2.24) is 14.3 Å². The van der Waals surface area contributed by atoms with Crippen molar-refractivity contribution >= 4 is 34.1 Å². The molecule has 0 bridgehead atoms. The van der Waals surface area contributed by atoms with Crippen molar-refractivity contribution < 1.29 is 9.84 Å². The second-order valence-corrected chi connectivity index (χ2v) is 8.55. The standard InChI is InChI=1S/C21H23Cl2N3O2/c22-16-8-7-15-19(13-10-24-26(11-13)18-6-1-2-9-28-18)17-5-3-4-14(27)12-25(17)21(15)20(16)23/h7-8,10-11,14,18,27H,1-6,9,12H2. The molecule has 2 atom stereocenters. The summed E-state index contributed by atoms with van der Waals surface area (Å²) in [7, 11) is 0. The number of halogens is 2. The van der Waals surface area contributed by atoms with Gasteiger partial charge in [-0.05, 0) is 44.6 Å². The fourth-order valence-electron chi connectivity index (χ4n) is 4.58. The molecule has 0 amide bonds. The summed E-state index contributed by atoms with van der Waals surface area (Å²) < 4.78 is 9.98. The van der Waals surface area contributed by atoms with Crippen LogP contribution in [0.15, 0.2) is 24.5 Å². The Morgan fingerprint density at radius 2 is 2.04 bits per heavy atom. The predicted octanol–water partition coefficient (Wildman–Crippen LogP) is 5.21. The molecule has 0 saturated carbocycles. The lowest BCUT2D eigenvalue weighted by molar-refractivity contribution is -0.0394. The van der Waals surface area contributed by atoms with Gasteiger partial charge in [0.05, 0.1) is 27.9 Å². The van der Waals surface area contributed by atoms with Gasteiger partial charge in [-0.1, -0.05) is 29.3 Å². The van der Waals surface area contributed by atoms with Crippen molar-refractivity contribution in [3.05, 3.63) is 40.3 Å². The van der Waals surface area contributed by atoms with E-state index in [9.17, 15) is 5.11 Å². The highest BCUT2D eigenvalue weighted by Crippen LogP contribution is 2.42. The molecule has 2 aliphatic rings. The molecule has 0 spiro atoms. The maximum absolute atomic E-state index is 10.4. The number of rotatable bonds is 2. The van der Waals surface area contributed by atoms with Gasteiger partial charge >= 0.3 is 0 Å². The fourth-order valence-corrected chi connectivity index (χ4v) is 5.00. The molecule has 0 radical (unpaired) electrons. The minimum absolute atomic E-state index is 0.00911. The third-order valence-corrected chi connectivity index (χ3v) is 6.70. The summed E-state index contributed by atoms with van der Waals surface area (Å²) in [5.41, 5.74) is 4.30. The van der Waals surface area contributed by atoms with Crippen LogP contribution >= 0.6 is 23.2 Å². The lowest BCUT2D eigenvalue weighted by Crippen LogP contribution is -2.18. The maximum Gasteiger partial charge on any atom is 0.150 e. The van der Waals surface area contributed by atoms with Crippen molar-refractivity contribution in [2.75, 3.05) is 6.61 Å². The van der Waals surface area contributed by atoms with Crippen molar-refractivity contribution in [2.24, 2.45) is 0 Å². The third kappa shape index (κ3) is 3.05. The van der Waals surface area contributed by atoms with Gasteiger partial charge in [-0.15, -0.1) is 0 Å². The largest absolute Gasteiger partial charge is 0.391 e. The SMILES string of the molecule is OC1CCCc2c(-c3cnn(C4CCCCO4)c3)c3ccc(Cl)c(Cl)c3n2C1. The molecule has 1 saturated heterocycles. The van der Waals surface area contributed by atoms with E-state index in [0.29, 0.717) is 16.6 Å². The van der Waals surface area contributed by atoms with Crippen LogP contribution in [0.5, 0.6) is 0 Å². The second-order valence-electron chi connectivity index (χ2n) is 7.77. The molecule has 3 aromatic rings. The van der Waals surface area contributed by atoms with E-state index in [1.807, 2.05) is 23.0 Å². The molecule has 2 aliphatic heterocycles. The van der Waals surface area contributed by atoms with E-state index >= 15 is 0 Å². The van der Waals surface area contributed by atoms with E-state index in [1.54, 1.807) is 0 Å². The Bertz CT molecular complexity index is 1020. The molecule has 7 heteroatoms. The van der Waals surface area contributed by atoms with Crippen LogP contribution in [0.3, 0.4) is 0 Å². The highest BCUT2D eigenvalue weighted by Gasteiger charge is 2.26. The number of aliphatic hydroxyl groups is 1. The molecule has 4 heterocycles. The molecule has 1 N–H and O–H groups in total. The number of hydrogen-bond acceptors (Lipinski definition) is 3. The molecule has 5 rings (SSSR count). The normalized spacial score (nSPS) is 23.0. The first-order valence-electron chi connectivity index (χ1n) is 9.96. The number of hydrogen-bond donors (Lipinski definition) is 1. The number of aromatic nitrogens is 3. The molecule has 0 aliphatic carbocycles. The van der Waals surface area contributed by atoms with E-state index < -0.39 is 0 Å². The van der Waals surface area contributed by atoms with E-state index in [0.717, 1.165) is 67.2 Å². The van der Waals surface area contributed by atoms with Crippen LogP contribution < -0.4 is 0 Å². The third-order valence-electron chi connectivity index (χ3n) is 5.91. The smallest absolute Gasteiger partial charge is 0.150 e. The zero-order chi connectivity index (χ0) is 19.3. The summed E-state index contributed by atoms with van der Waals surface area (Å²) in [4.78, 5) is 0. The van der Waals surface area contributed by atoms with Crippen molar-refractivity contribution in [2.45, 2.75) is 57.4 Å². The van der Waals surface area contributed by atoms with Crippen LogP contribution in [0, 0.1) is 0 Å². The van der Waals surface area contributed by atoms with Crippen LogP contribution in [-0.4, -0.2) is 32.2 Å². The summed E-state index contributed by atoms with van der Waals surface area (Å²) in [6, 6.07) is 3.88. The minimum atomic E-state index is -0.377. The summed E-state index contributed by atoms with van der Waals surface area (Å²) in [6.07, 6.45) is 9.51. The van der Waals surface area contributed by atoms with Crippen molar-refractivity contribution in [1.29, 1.82) is 0 Å². The Morgan fingerprint density at radius 1 is 1.14 bits per heavy atom.